The summed E-state index contributed by atoms with van der Waals surface area (Å²) in [7, 11) is 7.75. The maximum absolute atomic E-state index is 10.6. The Morgan fingerprint density at radius 1 is 0.447 bits per heavy atom. The molecule has 0 aliphatic carbocycles. The van der Waals surface area contributed by atoms with E-state index in [1.807, 2.05) is 99.6 Å². The van der Waals surface area contributed by atoms with Gasteiger partial charge >= 0.3 is 5.97 Å². The van der Waals surface area contributed by atoms with Gasteiger partial charge in [0, 0.05) is 242 Å². The minimum absolute atomic E-state index is 0. The fraction of sp³-hybridized carbons (Fsp3) is 0.598. The van der Waals surface area contributed by atoms with E-state index in [9.17, 15) is 4.79 Å². The summed E-state index contributed by atoms with van der Waals surface area (Å²) in [6, 6.07) is 5.57. The predicted molar refractivity (Wildman–Crippen MR) is 410 cm³/mol. The van der Waals surface area contributed by atoms with E-state index in [0.29, 0.717) is 0 Å². The van der Waals surface area contributed by atoms with Gasteiger partial charge in [-0.3, -0.25) is 0 Å². The van der Waals surface area contributed by atoms with Crippen molar-refractivity contribution in [3.05, 3.63) is 193 Å². The molecule has 1 atom stereocenters. The largest absolute Gasteiger partial charge is 0.581 e. The quantitative estimate of drug-likeness (QED) is 0.106. The van der Waals surface area contributed by atoms with Gasteiger partial charge in [0.25, 0.3) is 0 Å². The van der Waals surface area contributed by atoms with E-state index in [1.54, 1.807) is 35.7 Å². The number of hydrogen-bond acceptors (Lipinski definition) is 16. The molecule has 0 saturated carbocycles. The van der Waals surface area contributed by atoms with Gasteiger partial charge in [-0.05, 0) is 77.6 Å². The van der Waals surface area contributed by atoms with Crippen molar-refractivity contribution in [2.75, 3.05) is 0 Å². The van der Waals surface area contributed by atoms with Crippen molar-refractivity contribution in [3.63, 3.8) is 0 Å². The third-order valence-electron chi connectivity index (χ3n) is 14.5. The van der Waals surface area contributed by atoms with Crippen molar-refractivity contribution in [2.45, 2.75) is 289 Å². The first-order valence-corrected chi connectivity index (χ1v) is 34.8. The molecule has 10 aromatic rings. The Balaban J connectivity index is -0.000000129. The number of aromatic amines is 2. The summed E-state index contributed by atoms with van der Waals surface area (Å²) < 4.78 is 31.6. The molecule has 1 aliphatic heterocycles. The number of oxazole rings is 2. The molecule has 1 unspecified atom stereocenters. The standard InChI is InChI=1S/4C8H13N2.C8H12O2.2C7H11N2.4C7H10NO.10Re/c1-8(2,3)7-5-10(4)6-9-7;1-8(2,3)7-5-9-6-10(7)4;1-8(2,3)7-5-9-10(4)6-7;1-8(2,3)7-5-6-9-10(7)4;1-8(2,3)6-4-5-7(9)10-6;1-7(2,3)6-4-8-5-9-6;1-7(2,3)6-4-5-8-9-6;1-7(2,3)6-4-9-5-8-6;1-7(2,3)6-4-8-5-9-6;1-7(2,3)6-4-8-9-5-6;1-7(2,3)6-4-5-8-9-6;;;;;;;;;;/h2*5H,1-4H3;6H,1-4H3;5H,1-4H3;4-6H,1-3H3;2*4H,1-3H3,(H,8,9);2*4H,1-3H3;5H,1-3H3;4H,1-3H3;;;;;;;;;;/q4*-1;;6*-1;;;;;;;;;;. The summed E-state index contributed by atoms with van der Waals surface area (Å²) in [6.07, 6.45) is 42.9. The van der Waals surface area contributed by atoms with Crippen LogP contribution in [0, 0.1) is 68.2 Å². The zero-order chi connectivity index (χ0) is 80.3. The summed E-state index contributed by atoms with van der Waals surface area (Å²) in [6.45, 7) is 69.8. The van der Waals surface area contributed by atoms with Gasteiger partial charge in [-0.15, -0.1) is 72.4 Å². The van der Waals surface area contributed by atoms with Gasteiger partial charge < -0.3 is 91.4 Å². The van der Waals surface area contributed by atoms with Crippen LogP contribution < -0.4 is 0 Å². The van der Waals surface area contributed by atoms with Crippen molar-refractivity contribution in [1.82, 2.24) is 79.1 Å². The van der Waals surface area contributed by atoms with Crippen LogP contribution in [-0.4, -0.2) is 91.2 Å². The van der Waals surface area contributed by atoms with E-state index < -0.39 is 0 Å². The van der Waals surface area contributed by atoms with Gasteiger partial charge in [0.15, 0.2) is 0 Å². The van der Waals surface area contributed by atoms with Gasteiger partial charge in [0.05, 0.1) is 0 Å². The van der Waals surface area contributed by atoms with Gasteiger partial charge in [0.2, 0.25) is 0 Å². The predicted octanol–water partition coefficient (Wildman–Crippen LogP) is 17.7. The number of hydrogen-bond donors (Lipinski definition) is 2. The Kier molecular flexibility index (Phi) is 68.4. The van der Waals surface area contributed by atoms with Crippen molar-refractivity contribution in [1.29, 1.82) is 0 Å². The van der Waals surface area contributed by atoms with Gasteiger partial charge in [-0.2, -0.15) is 29.3 Å². The molecule has 2 N–H and O–H groups in total. The summed E-state index contributed by atoms with van der Waals surface area (Å²) in [5.74, 6) is 1.53. The number of carbonyl (C=O) groups excluding carboxylic acids is 1. The second-order valence-electron chi connectivity index (χ2n) is 36.5. The van der Waals surface area contributed by atoms with Gasteiger partial charge in [0.1, 0.15) is 18.9 Å². The molecule has 0 bridgehead atoms. The number of nitrogens with zero attached hydrogens (tertiary/aromatic N) is 14. The molecule has 0 fully saturated rings. The summed E-state index contributed by atoms with van der Waals surface area (Å²) >= 11 is 0. The van der Waals surface area contributed by atoms with Gasteiger partial charge in [-0.25, -0.2) is 15.1 Å². The van der Waals surface area contributed by atoms with Crippen molar-refractivity contribution in [3.8, 4) is 0 Å². The van der Waals surface area contributed by atoms with E-state index in [0.717, 1.165) is 45.4 Å². The van der Waals surface area contributed by atoms with Gasteiger partial charge in [-0.1, -0.05) is 279 Å². The number of rotatable bonds is 0. The summed E-state index contributed by atoms with van der Waals surface area (Å²) in [5, 5.41) is 21.5. The molecule has 0 amide bonds. The maximum atomic E-state index is 10.6. The molecule has 10 radical (unpaired) electrons. The zero-order valence-electron chi connectivity index (χ0n) is 74.0. The second-order valence-corrected chi connectivity index (χ2v) is 36.5. The first-order chi connectivity index (χ1) is 47.2. The van der Waals surface area contributed by atoms with Crippen LogP contribution in [0.1, 0.15) is 285 Å². The molecule has 650 valence electrons. The number of cyclic esters (lactones) is 1. The number of esters is 1. The van der Waals surface area contributed by atoms with E-state index in [1.165, 1.54) is 17.5 Å². The Morgan fingerprint density at radius 3 is 1.18 bits per heavy atom. The Bertz CT molecular complexity index is 3440. The molecule has 0 aromatic carbocycles. The second kappa shape index (κ2) is 58.9. The fourth-order valence-corrected chi connectivity index (χ4v) is 7.69. The average Bonchev–Trinajstić information content (AvgIpc) is 1.71. The Hall–Kier alpha value is -2.07. The SMILES string of the molecule is CC(C)(C)C1C=CC(=O)O1.CC(C)(C)c1[c-]noc1.CC(C)(C)c1c[c-]n[nH]1.CC(C)(C)c1c[c-]no1.CC(C)(C)c1cn[c-][nH]1.CC(C)(C)c1cn[c-]o1.CC(C)(C)c1co[c-]n1.Cn1[c-]nc(C(C)(C)C)c1.Cn1[c-]ncc1C(C)(C)C.Cn1cc(C(C)(C)C)[c-]n1.Cn1n[c-]cc1C(C)(C)C.[Re].[Re].[Re].[Re].[Re].[Re].[Re].[Re].[Re].[Re]. The number of carbonyl (C=O) groups is 1. The molecule has 1 aliphatic rings. The monoisotopic (exact) mass is 3300 g/mol. The van der Waals surface area contributed by atoms with Crippen molar-refractivity contribution >= 4 is 5.97 Å². The fourth-order valence-electron chi connectivity index (χ4n) is 7.69. The molecule has 11 rings (SSSR count). The number of nitrogens with one attached hydrogen (secondary N) is 2. The molecule has 32 heteroatoms. The van der Waals surface area contributed by atoms with Crippen LogP contribution in [0.3, 0.4) is 0 Å². The van der Waals surface area contributed by atoms with Crippen LogP contribution in [0.5, 0.6) is 0 Å². The van der Waals surface area contributed by atoms with E-state index in [2.05, 4.69) is 336 Å². The molecule has 22 nitrogen and oxygen atoms in total. The maximum Gasteiger partial charge on any atom is 0.331 e. The first kappa shape index (κ1) is 133. The van der Waals surface area contributed by atoms with Crippen LogP contribution in [0.15, 0.2) is 91.7 Å². The van der Waals surface area contributed by atoms with Crippen LogP contribution in [0.4, 0.5) is 0 Å². The van der Waals surface area contributed by atoms with E-state index in [4.69, 9.17) is 18.1 Å². The smallest absolute Gasteiger partial charge is 0.331 e. The number of imidazole rings is 3. The zero-order valence-corrected chi connectivity index (χ0v) is 101. The third-order valence-corrected chi connectivity index (χ3v) is 14.5. The van der Waals surface area contributed by atoms with Crippen LogP contribution in [0.2, 0.25) is 0 Å². The van der Waals surface area contributed by atoms with Crippen molar-refractivity contribution in [2.24, 2.45) is 33.6 Å². The first-order valence-electron chi connectivity index (χ1n) is 34.8. The number of ether oxygens (including phenoxy) is 1. The molecular weight excluding hydrogens is 3170 g/mol. The number of aromatic nitrogens is 16. The van der Waals surface area contributed by atoms with E-state index >= 15 is 0 Å². The van der Waals surface area contributed by atoms with Crippen LogP contribution in [0.25, 0.3) is 0 Å². The third kappa shape index (κ3) is 55.8. The van der Waals surface area contributed by atoms with E-state index in [-0.39, 0.29) is 276 Å². The Morgan fingerprint density at radius 2 is 0.982 bits per heavy atom. The number of aryl methyl sites for hydroxylation is 4. The minimum atomic E-state index is -0.222. The molecule has 10 aromatic heterocycles. The molecule has 114 heavy (non-hydrogen) atoms. The summed E-state index contributed by atoms with van der Waals surface area (Å²) in [4.78, 5) is 33.0. The Labute approximate surface area is 823 Å². The molecule has 11 heterocycles. The minimum Gasteiger partial charge on any atom is -0.581 e. The normalized spacial score (nSPS) is 12.0. The van der Waals surface area contributed by atoms with Crippen molar-refractivity contribution < 1.29 is 232 Å². The number of H-pyrrole nitrogens is 2. The average molecular weight is 3290 g/mol. The molecular formula is C82H126N16O6Re10-10. The van der Waals surface area contributed by atoms with Crippen LogP contribution >= 0.6 is 0 Å². The topological polar surface area (TPSA) is 259 Å². The summed E-state index contributed by atoms with van der Waals surface area (Å²) in [5.41, 5.74) is 10.3. The molecule has 0 spiro atoms. The molecule has 0 saturated heterocycles. The van der Waals surface area contributed by atoms with Crippen LogP contribution in [-0.2, 0) is 296 Å².